The van der Waals surface area contributed by atoms with Crippen molar-refractivity contribution in [2.45, 2.75) is 4.90 Å². The van der Waals surface area contributed by atoms with E-state index in [1.807, 2.05) is 0 Å². The van der Waals surface area contributed by atoms with Gasteiger partial charge >= 0.3 is 0 Å². The second-order valence-corrected chi connectivity index (χ2v) is 5.74. The van der Waals surface area contributed by atoms with Crippen molar-refractivity contribution in [2.24, 2.45) is 0 Å². The Bertz CT molecular complexity index is 603. The average Bonchev–Trinajstić information content (AvgIpc) is 2.82. The van der Waals surface area contributed by atoms with Crippen molar-refractivity contribution >= 4 is 10.0 Å². The maximum atomic E-state index is 12.1. The first-order chi connectivity index (χ1) is 8.03. The second-order valence-electron chi connectivity index (χ2n) is 3.62. The molecule has 0 aliphatic rings. The van der Waals surface area contributed by atoms with Crippen molar-refractivity contribution in [3.05, 3.63) is 36.7 Å². The molecule has 0 radical (unpaired) electrons. The summed E-state index contributed by atoms with van der Waals surface area (Å²) in [6, 6.07) is 6.62. The van der Waals surface area contributed by atoms with E-state index in [2.05, 4.69) is 4.98 Å². The Morgan fingerprint density at radius 2 is 1.94 bits per heavy atom. The van der Waals surface area contributed by atoms with Gasteiger partial charge in [-0.25, -0.2) is 17.7 Å². The number of hydrogen-bond donors (Lipinski definition) is 0. The van der Waals surface area contributed by atoms with E-state index in [1.165, 1.54) is 32.6 Å². The summed E-state index contributed by atoms with van der Waals surface area (Å²) in [6.45, 7) is 0. The van der Waals surface area contributed by atoms with Crippen LogP contribution in [-0.4, -0.2) is 31.8 Å². The van der Waals surface area contributed by atoms with E-state index in [0.29, 0.717) is 11.5 Å². The van der Waals surface area contributed by atoms with Crippen LogP contribution >= 0.6 is 0 Å². The molecule has 2 rings (SSSR count). The molecule has 0 N–H and O–H groups in total. The molecule has 0 aliphatic heterocycles. The van der Waals surface area contributed by atoms with Gasteiger partial charge in [-0.2, -0.15) is 0 Å². The smallest absolute Gasteiger partial charge is 0.243 e. The van der Waals surface area contributed by atoms with Crippen LogP contribution < -0.4 is 0 Å². The molecule has 0 bridgehead atoms. The fourth-order valence-corrected chi connectivity index (χ4v) is 2.50. The SMILES string of the molecule is CN(C)S(=O)(=O)c1ccccc1-c1ncco1. The molecule has 2 aromatic rings. The van der Waals surface area contributed by atoms with Crippen molar-refractivity contribution in [3.63, 3.8) is 0 Å². The molecule has 90 valence electrons. The fourth-order valence-electron chi connectivity index (χ4n) is 1.42. The molecule has 0 saturated heterocycles. The summed E-state index contributed by atoms with van der Waals surface area (Å²) in [4.78, 5) is 4.16. The maximum Gasteiger partial charge on any atom is 0.243 e. The minimum Gasteiger partial charge on any atom is -0.444 e. The fraction of sp³-hybridized carbons (Fsp3) is 0.182. The van der Waals surface area contributed by atoms with E-state index in [1.54, 1.807) is 18.2 Å². The van der Waals surface area contributed by atoms with Gasteiger partial charge in [-0.3, -0.25) is 0 Å². The van der Waals surface area contributed by atoms with Crippen molar-refractivity contribution < 1.29 is 12.8 Å². The topological polar surface area (TPSA) is 63.4 Å². The van der Waals surface area contributed by atoms with Gasteiger partial charge in [-0.15, -0.1) is 0 Å². The predicted octanol–water partition coefficient (Wildman–Crippen LogP) is 1.59. The lowest BCUT2D eigenvalue weighted by Gasteiger charge is -2.13. The standard InChI is InChI=1S/C11H12N2O3S/c1-13(2)17(14,15)10-6-4-3-5-9(10)11-12-7-8-16-11/h3-8H,1-2H3. The van der Waals surface area contributed by atoms with Gasteiger partial charge < -0.3 is 4.42 Å². The zero-order chi connectivity index (χ0) is 12.5. The van der Waals surface area contributed by atoms with Crippen LogP contribution in [0.3, 0.4) is 0 Å². The third-order valence-corrected chi connectivity index (χ3v) is 4.18. The lowest BCUT2D eigenvalue weighted by atomic mass is 10.2. The zero-order valence-electron chi connectivity index (χ0n) is 9.49. The van der Waals surface area contributed by atoms with Crippen LogP contribution in [0.25, 0.3) is 11.5 Å². The first kappa shape index (κ1) is 11.8. The van der Waals surface area contributed by atoms with Gasteiger partial charge in [0.15, 0.2) is 0 Å². The molecule has 1 heterocycles. The monoisotopic (exact) mass is 252 g/mol. The van der Waals surface area contributed by atoms with Crippen LogP contribution in [0.15, 0.2) is 46.0 Å². The maximum absolute atomic E-state index is 12.1. The van der Waals surface area contributed by atoms with Gasteiger partial charge in [0.2, 0.25) is 15.9 Å². The largest absolute Gasteiger partial charge is 0.444 e. The average molecular weight is 252 g/mol. The van der Waals surface area contributed by atoms with E-state index in [9.17, 15) is 8.42 Å². The van der Waals surface area contributed by atoms with Crippen molar-refractivity contribution in [1.82, 2.24) is 9.29 Å². The molecule has 0 unspecified atom stereocenters. The Balaban J connectivity index is 2.65. The van der Waals surface area contributed by atoms with E-state index in [-0.39, 0.29) is 4.90 Å². The van der Waals surface area contributed by atoms with E-state index >= 15 is 0 Å². The highest BCUT2D eigenvalue weighted by Gasteiger charge is 2.22. The quantitative estimate of drug-likeness (QED) is 0.832. The first-order valence-electron chi connectivity index (χ1n) is 4.95. The van der Waals surface area contributed by atoms with Crippen LogP contribution in [0.5, 0.6) is 0 Å². The van der Waals surface area contributed by atoms with E-state index in [0.717, 1.165) is 4.31 Å². The third kappa shape index (κ3) is 2.09. The summed E-state index contributed by atoms with van der Waals surface area (Å²) >= 11 is 0. The number of hydrogen-bond acceptors (Lipinski definition) is 4. The lowest BCUT2D eigenvalue weighted by molar-refractivity contribution is 0.519. The van der Waals surface area contributed by atoms with E-state index in [4.69, 9.17) is 4.42 Å². The molecule has 0 fully saturated rings. The van der Waals surface area contributed by atoms with Crippen LogP contribution in [0.1, 0.15) is 0 Å². The minimum atomic E-state index is -3.50. The molecule has 1 aromatic heterocycles. The van der Waals surface area contributed by atoms with Gasteiger partial charge in [0.1, 0.15) is 6.26 Å². The molecule has 0 spiro atoms. The Labute approximate surface area is 99.8 Å². The molecule has 6 heteroatoms. The summed E-state index contributed by atoms with van der Waals surface area (Å²) in [5, 5.41) is 0. The minimum absolute atomic E-state index is 0.187. The van der Waals surface area contributed by atoms with Crippen LogP contribution in [0.2, 0.25) is 0 Å². The summed E-state index contributed by atoms with van der Waals surface area (Å²) in [5.41, 5.74) is 0.464. The Hall–Kier alpha value is -1.66. The predicted molar refractivity (Wildman–Crippen MR) is 62.8 cm³/mol. The molecule has 5 nitrogen and oxygen atoms in total. The molecule has 0 aliphatic carbocycles. The summed E-state index contributed by atoms with van der Waals surface area (Å²) in [7, 11) is -0.525. The summed E-state index contributed by atoms with van der Waals surface area (Å²) < 4.78 is 30.5. The summed E-state index contributed by atoms with van der Waals surface area (Å²) in [6.07, 6.45) is 2.89. The Morgan fingerprint density at radius 1 is 1.24 bits per heavy atom. The first-order valence-corrected chi connectivity index (χ1v) is 6.39. The molecule has 0 atom stereocenters. The van der Waals surface area contributed by atoms with Gasteiger partial charge in [-0.1, -0.05) is 12.1 Å². The second kappa shape index (κ2) is 4.31. The number of rotatable bonds is 3. The molecule has 17 heavy (non-hydrogen) atoms. The zero-order valence-corrected chi connectivity index (χ0v) is 10.3. The molecule has 1 aromatic carbocycles. The van der Waals surface area contributed by atoms with Crippen LogP contribution in [0.4, 0.5) is 0 Å². The third-order valence-electron chi connectivity index (χ3n) is 2.31. The van der Waals surface area contributed by atoms with Gasteiger partial charge in [0.05, 0.1) is 16.7 Å². The molecule has 0 saturated carbocycles. The number of nitrogens with zero attached hydrogens (tertiary/aromatic N) is 2. The lowest BCUT2D eigenvalue weighted by Crippen LogP contribution is -2.22. The number of aromatic nitrogens is 1. The molecular weight excluding hydrogens is 240 g/mol. The highest BCUT2D eigenvalue weighted by atomic mass is 32.2. The molecule has 0 amide bonds. The van der Waals surface area contributed by atoms with Crippen molar-refractivity contribution in [3.8, 4) is 11.5 Å². The number of oxazole rings is 1. The normalized spacial score (nSPS) is 11.9. The summed E-state index contributed by atoms with van der Waals surface area (Å²) in [5.74, 6) is 0.297. The highest BCUT2D eigenvalue weighted by Crippen LogP contribution is 2.27. The number of benzene rings is 1. The van der Waals surface area contributed by atoms with Crippen molar-refractivity contribution in [2.75, 3.05) is 14.1 Å². The van der Waals surface area contributed by atoms with E-state index < -0.39 is 10.0 Å². The Morgan fingerprint density at radius 3 is 2.53 bits per heavy atom. The van der Waals surface area contributed by atoms with Crippen LogP contribution in [0, 0.1) is 0 Å². The Kier molecular flexibility index (Phi) is 2.99. The molecular formula is C11H12N2O3S. The van der Waals surface area contributed by atoms with Gasteiger partial charge in [-0.05, 0) is 12.1 Å². The number of sulfonamides is 1. The van der Waals surface area contributed by atoms with Crippen LogP contribution in [-0.2, 0) is 10.0 Å². The van der Waals surface area contributed by atoms with Crippen molar-refractivity contribution in [1.29, 1.82) is 0 Å². The highest BCUT2D eigenvalue weighted by molar-refractivity contribution is 7.89. The van der Waals surface area contributed by atoms with Gasteiger partial charge in [0.25, 0.3) is 0 Å². The van der Waals surface area contributed by atoms with Gasteiger partial charge in [0, 0.05) is 14.1 Å².